The smallest absolute Gasteiger partial charge is 0.269 e. The SMILES string of the molecule is Cc1ccc2sc(N3CCN(C(=O)C=Cc4ccc([N+](=O)[O-])cc4)CC3)nc2c1C. The lowest BCUT2D eigenvalue weighted by Crippen LogP contribution is -2.48. The third-order valence-electron chi connectivity index (χ3n) is 5.46. The molecule has 4 rings (SSSR count). The molecule has 0 saturated carbocycles. The van der Waals surface area contributed by atoms with Crippen LogP contribution in [0, 0.1) is 24.0 Å². The number of hydrogen-bond acceptors (Lipinski definition) is 6. The Balaban J connectivity index is 1.37. The molecular weight excluding hydrogens is 400 g/mol. The number of carbonyl (C=O) groups excluding carboxylic acids is 1. The van der Waals surface area contributed by atoms with Gasteiger partial charge in [0.1, 0.15) is 0 Å². The van der Waals surface area contributed by atoms with Gasteiger partial charge in [0.2, 0.25) is 5.91 Å². The summed E-state index contributed by atoms with van der Waals surface area (Å²) in [6.07, 6.45) is 3.22. The Morgan fingerprint density at radius 1 is 1.10 bits per heavy atom. The van der Waals surface area contributed by atoms with E-state index in [4.69, 9.17) is 4.98 Å². The number of piperazine rings is 1. The van der Waals surface area contributed by atoms with Gasteiger partial charge in [0.15, 0.2) is 5.13 Å². The number of carbonyl (C=O) groups is 1. The maximum atomic E-state index is 12.5. The molecule has 0 atom stereocenters. The molecule has 1 aliphatic heterocycles. The van der Waals surface area contributed by atoms with E-state index >= 15 is 0 Å². The number of benzene rings is 2. The second kappa shape index (κ2) is 8.23. The van der Waals surface area contributed by atoms with Gasteiger partial charge >= 0.3 is 0 Å². The van der Waals surface area contributed by atoms with E-state index in [0.29, 0.717) is 13.1 Å². The van der Waals surface area contributed by atoms with Crippen LogP contribution in [0.4, 0.5) is 10.8 Å². The van der Waals surface area contributed by atoms with E-state index < -0.39 is 4.92 Å². The number of non-ortho nitro benzene ring substituents is 1. The van der Waals surface area contributed by atoms with Gasteiger partial charge in [0.25, 0.3) is 5.69 Å². The third-order valence-corrected chi connectivity index (χ3v) is 6.54. The molecule has 30 heavy (non-hydrogen) atoms. The summed E-state index contributed by atoms with van der Waals surface area (Å²) in [5.74, 6) is -0.0521. The number of aryl methyl sites for hydroxylation is 2. The molecule has 1 fully saturated rings. The number of thiazole rings is 1. The normalized spacial score (nSPS) is 14.6. The van der Waals surface area contributed by atoms with Crippen LogP contribution in [0.1, 0.15) is 16.7 Å². The Kier molecular flexibility index (Phi) is 5.50. The minimum atomic E-state index is -0.438. The fourth-order valence-electron chi connectivity index (χ4n) is 3.45. The number of nitro groups is 1. The predicted octanol–water partition coefficient (Wildman–Crippen LogP) is 4.18. The summed E-state index contributed by atoms with van der Waals surface area (Å²) in [6, 6.07) is 10.4. The van der Waals surface area contributed by atoms with Crippen LogP contribution in [-0.2, 0) is 4.79 Å². The van der Waals surface area contributed by atoms with Crippen molar-refractivity contribution in [1.82, 2.24) is 9.88 Å². The molecule has 1 aliphatic rings. The molecule has 0 unspecified atom stereocenters. The summed E-state index contributed by atoms with van der Waals surface area (Å²) in [5.41, 5.74) is 4.33. The second-order valence-electron chi connectivity index (χ2n) is 7.34. The van der Waals surface area contributed by atoms with Crippen LogP contribution in [0.25, 0.3) is 16.3 Å². The van der Waals surface area contributed by atoms with Crippen LogP contribution in [0.5, 0.6) is 0 Å². The molecular formula is C22H22N4O3S. The standard InChI is InChI=1S/C22H22N4O3S/c1-15-3-9-19-21(16(15)2)23-22(30-19)25-13-11-24(12-14-25)20(27)10-6-17-4-7-18(8-5-17)26(28)29/h3-10H,11-14H2,1-2H3. The van der Waals surface area contributed by atoms with Gasteiger partial charge < -0.3 is 9.80 Å². The van der Waals surface area contributed by atoms with Gasteiger partial charge in [-0.3, -0.25) is 14.9 Å². The number of fused-ring (bicyclic) bond motifs is 1. The molecule has 1 saturated heterocycles. The highest BCUT2D eigenvalue weighted by atomic mass is 32.1. The monoisotopic (exact) mass is 422 g/mol. The molecule has 2 aromatic carbocycles. The van der Waals surface area contributed by atoms with Crippen molar-refractivity contribution in [3.05, 3.63) is 69.3 Å². The highest BCUT2D eigenvalue weighted by Gasteiger charge is 2.22. The Morgan fingerprint density at radius 2 is 1.80 bits per heavy atom. The van der Waals surface area contributed by atoms with Crippen LogP contribution in [0.3, 0.4) is 0 Å². The molecule has 0 radical (unpaired) electrons. The second-order valence-corrected chi connectivity index (χ2v) is 8.35. The van der Waals surface area contributed by atoms with Crippen LogP contribution in [0.15, 0.2) is 42.5 Å². The minimum absolute atomic E-state index is 0.0369. The first-order chi connectivity index (χ1) is 14.4. The maximum absolute atomic E-state index is 12.5. The zero-order chi connectivity index (χ0) is 21.3. The lowest BCUT2D eigenvalue weighted by Gasteiger charge is -2.34. The number of hydrogen-bond donors (Lipinski definition) is 0. The third kappa shape index (κ3) is 4.04. The maximum Gasteiger partial charge on any atom is 0.269 e. The summed E-state index contributed by atoms with van der Waals surface area (Å²) in [6.45, 7) is 6.97. The van der Waals surface area contributed by atoms with E-state index in [1.54, 1.807) is 29.5 Å². The molecule has 3 aromatic rings. The Bertz CT molecular complexity index is 1130. The summed E-state index contributed by atoms with van der Waals surface area (Å²) in [7, 11) is 0. The summed E-state index contributed by atoms with van der Waals surface area (Å²) >= 11 is 1.70. The molecule has 0 spiro atoms. The molecule has 0 aliphatic carbocycles. The van der Waals surface area contributed by atoms with Gasteiger partial charge in [-0.25, -0.2) is 4.98 Å². The number of aromatic nitrogens is 1. The predicted molar refractivity (Wildman–Crippen MR) is 120 cm³/mol. The van der Waals surface area contributed by atoms with Crippen molar-refractivity contribution in [3.63, 3.8) is 0 Å². The minimum Gasteiger partial charge on any atom is -0.345 e. The van der Waals surface area contributed by atoms with E-state index in [1.807, 2.05) is 4.90 Å². The zero-order valence-electron chi connectivity index (χ0n) is 16.9. The van der Waals surface area contributed by atoms with Gasteiger partial charge in [-0.2, -0.15) is 0 Å². The first-order valence-electron chi connectivity index (χ1n) is 9.75. The summed E-state index contributed by atoms with van der Waals surface area (Å²) in [5, 5.41) is 11.7. The number of nitrogens with zero attached hydrogens (tertiary/aromatic N) is 4. The van der Waals surface area contributed by atoms with Crippen molar-refractivity contribution in [1.29, 1.82) is 0 Å². The van der Waals surface area contributed by atoms with Crippen molar-refractivity contribution >= 4 is 44.4 Å². The molecule has 0 N–H and O–H groups in total. The lowest BCUT2D eigenvalue weighted by atomic mass is 10.1. The number of rotatable bonds is 4. The molecule has 1 aromatic heterocycles. The van der Waals surface area contributed by atoms with Crippen molar-refractivity contribution in [2.45, 2.75) is 13.8 Å². The molecule has 7 nitrogen and oxygen atoms in total. The van der Waals surface area contributed by atoms with E-state index in [1.165, 1.54) is 34.0 Å². The molecule has 1 amide bonds. The fraction of sp³-hybridized carbons (Fsp3) is 0.273. The van der Waals surface area contributed by atoms with Crippen LogP contribution in [-0.4, -0.2) is 46.9 Å². The van der Waals surface area contributed by atoms with Gasteiger partial charge in [0, 0.05) is 44.4 Å². The average molecular weight is 423 g/mol. The highest BCUT2D eigenvalue weighted by Crippen LogP contribution is 2.32. The first-order valence-corrected chi connectivity index (χ1v) is 10.6. The molecule has 2 heterocycles. The van der Waals surface area contributed by atoms with Gasteiger partial charge in [-0.05, 0) is 54.8 Å². The van der Waals surface area contributed by atoms with Gasteiger partial charge in [0.05, 0.1) is 15.1 Å². The van der Waals surface area contributed by atoms with Gasteiger partial charge in [-0.15, -0.1) is 0 Å². The largest absolute Gasteiger partial charge is 0.345 e. The van der Waals surface area contributed by atoms with Crippen molar-refractivity contribution < 1.29 is 9.72 Å². The lowest BCUT2D eigenvalue weighted by molar-refractivity contribution is -0.384. The first kappa shape index (κ1) is 20.0. The molecule has 0 bridgehead atoms. The van der Waals surface area contributed by atoms with Crippen LogP contribution >= 0.6 is 11.3 Å². The average Bonchev–Trinajstić information content (AvgIpc) is 3.20. The topological polar surface area (TPSA) is 79.6 Å². The number of amides is 1. The number of anilines is 1. The molecule has 154 valence electrons. The number of nitro benzene ring substituents is 1. The van der Waals surface area contributed by atoms with Crippen molar-refractivity contribution in [3.8, 4) is 0 Å². The Labute approximate surface area is 178 Å². The highest BCUT2D eigenvalue weighted by molar-refractivity contribution is 7.22. The molecule has 8 heteroatoms. The van der Waals surface area contributed by atoms with E-state index in [-0.39, 0.29) is 11.6 Å². The summed E-state index contributed by atoms with van der Waals surface area (Å²) < 4.78 is 1.19. The van der Waals surface area contributed by atoms with Crippen LogP contribution in [0.2, 0.25) is 0 Å². The quantitative estimate of drug-likeness (QED) is 0.358. The van der Waals surface area contributed by atoms with Crippen LogP contribution < -0.4 is 4.90 Å². The Hall–Kier alpha value is -3.26. The summed E-state index contributed by atoms with van der Waals surface area (Å²) in [4.78, 5) is 31.7. The van der Waals surface area contributed by atoms with E-state index in [0.717, 1.165) is 29.3 Å². The fourth-order valence-corrected chi connectivity index (χ4v) is 4.52. The Morgan fingerprint density at radius 3 is 2.47 bits per heavy atom. The van der Waals surface area contributed by atoms with Crippen molar-refractivity contribution in [2.75, 3.05) is 31.1 Å². The van der Waals surface area contributed by atoms with E-state index in [9.17, 15) is 14.9 Å². The van der Waals surface area contributed by atoms with Crippen molar-refractivity contribution in [2.24, 2.45) is 0 Å². The zero-order valence-corrected chi connectivity index (χ0v) is 17.7. The van der Waals surface area contributed by atoms with E-state index in [2.05, 4.69) is 30.9 Å². The van der Waals surface area contributed by atoms with Gasteiger partial charge in [-0.1, -0.05) is 17.4 Å².